The van der Waals surface area contributed by atoms with Crippen LogP contribution in [0.2, 0.25) is 0 Å². The molecule has 0 aromatic heterocycles. The Labute approximate surface area is 110 Å². The lowest BCUT2D eigenvalue weighted by Crippen LogP contribution is -2.49. The van der Waals surface area contributed by atoms with E-state index < -0.39 is 17.5 Å². The van der Waals surface area contributed by atoms with E-state index in [0.29, 0.717) is 12.5 Å². The molecule has 1 unspecified atom stereocenters. The van der Waals surface area contributed by atoms with Crippen LogP contribution in [-0.4, -0.2) is 30.8 Å². The lowest BCUT2D eigenvalue weighted by atomic mass is 9.62. The topological polar surface area (TPSA) is 72.5 Å². The fraction of sp³-hybridized carbons (Fsp3) is 0.929. The van der Waals surface area contributed by atoms with Crippen molar-refractivity contribution in [3.8, 4) is 0 Å². The number of ether oxygens (including phenoxy) is 1. The Morgan fingerprint density at radius 2 is 1.94 bits per heavy atom. The van der Waals surface area contributed by atoms with Crippen molar-refractivity contribution >= 4 is 5.97 Å². The van der Waals surface area contributed by atoms with E-state index in [4.69, 9.17) is 5.73 Å². The first kappa shape index (κ1) is 15.4. The second-order valence-electron chi connectivity index (χ2n) is 6.63. The van der Waals surface area contributed by atoms with Gasteiger partial charge < -0.3 is 15.6 Å². The number of esters is 1. The van der Waals surface area contributed by atoms with Crippen LogP contribution < -0.4 is 5.73 Å². The molecule has 0 aliphatic heterocycles. The summed E-state index contributed by atoms with van der Waals surface area (Å²) in [5.74, 6) is 0.0664. The van der Waals surface area contributed by atoms with Gasteiger partial charge in [-0.05, 0) is 37.0 Å². The molecule has 0 saturated heterocycles. The third-order valence-corrected chi connectivity index (χ3v) is 4.62. The molecule has 0 bridgehead atoms. The summed E-state index contributed by atoms with van der Waals surface area (Å²) < 4.78 is 4.64. The van der Waals surface area contributed by atoms with E-state index in [1.54, 1.807) is 0 Å². The molecule has 0 spiro atoms. The number of aliphatic hydroxyl groups is 1. The predicted molar refractivity (Wildman–Crippen MR) is 70.9 cm³/mol. The number of carbonyl (C=O) groups excluding carboxylic acids is 1. The summed E-state index contributed by atoms with van der Waals surface area (Å²) in [6.07, 6.45) is 2.51. The normalized spacial score (nSPS) is 30.9. The Hall–Kier alpha value is -0.610. The van der Waals surface area contributed by atoms with Gasteiger partial charge >= 0.3 is 5.97 Å². The molecule has 18 heavy (non-hydrogen) atoms. The van der Waals surface area contributed by atoms with Crippen LogP contribution in [0.25, 0.3) is 0 Å². The molecule has 0 amide bonds. The molecule has 1 saturated carbocycles. The Morgan fingerprint density at radius 3 is 2.28 bits per heavy atom. The molecule has 0 aromatic rings. The number of carbonyl (C=O) groups is 1. The molecular weight excluding hydrogens is 230 g/mol. The molecule has 1 atom stereocenters. The van der Waals surface area contributed by atoms with Crippen molar-refractivity contribution in [3.63, 3.8) is 0 Å². The summed E-state index contributed by atoms with van der Waals surface area (Å²) in [7, 11) is 1.30. The van der Waals surface area contributed by atoms with Crippen LogP contribution in [-0.2, 0) is 9.53 Å². The maximum atomic E-state index is 11.5. The van der Waals surface area contributed by atoms with E-state index >= 15 is 0 Å². The van der Waals surface area contributed by atoms with Crippen LogP contribution in [0.5, 0.6) is 0 Å². The molecule has 4 heteroatoms. The van der Waals surface area contributed by atoms with Crippen LogP contribution >= 0.6 is 0 Å². The molecule has 1 fully saturated rings. The highest BCUT2D eigenvalue weighted by Crippen LogP contribution is 2.46. The Bertz CT molecular complexity index is 288. The van der Waals surface area contributed by atoms with Crippen LogP contribution in [0.4, 0.5) is 0 Å². The van der Waals surface area contributed by atoms with Gasteiger partial charge in [0.2, 0.25) is 0 Å². The highest BCUT2D eigenvalue weighted by atomic mass is 16.5. The van der Waals surface area contributed by atoms with E-state index in [9.17, 15) is 9.90 Å². The molecule has 106 valence electrons. The second-order valence-corrected chi connectivity index (χ2v) is 6.63. The third kappa shape index (κ3) is 3.04. The molecule has 1 rings (SSSR count). The van der Waals surface area contributed by atoms with E-state index in [1.807, 2.05) is 0 Å². The summed E-state index contributed by atoms with van der Waals surface area (Å²) in [6.45, 7) is 7.05. The third-order valence-electron chi connectivity index (χ3n) is 4.62. The first-order chi connectivity index (χ1) is 8.27. The van der Waals surface area contributed by atoms with Crippen molar-refractivity contribution in [2.45, 2.75) is 52.6 Å². The summed E-state index contributed by atoms with van der Waals surface area (Å²) in [5.41, 5.74) is 5.60. The zero-order valence-corrected chi connectivity index (χ0v) is 12.0. The van der Waals surface area contributed by atoms with Gasteiger partial charge in [-0.1, -0.05) is 20.8 Å². The zero-order valence-electron chi connectivity index (χ0n) is 12.0. The van der Waals surface area contributed by atoms with Gasteiger partial charge in [0.1, 0.15) is 0 Å². The molecule has 3 N–H and O–H groups in total. The SMILES string of the molecule is COC(=O)C(O)C1(CN)CCC(C(C)(C)C)CC1. The zero-order chi connectivity index (χ0) is 14.0. The Morgan fingerprint density at radius 1 is 1.44 bits per heavy atom. The summed E-state index contributed by atoms with van der Waals surface area (Å²) in [6, 6.07) is 0. The first-order valence-electron chi connectivity index (χ1n) is 6.73. The standard InChI is InChI=1S/C14H27NO3/c1-13(2,3)10-5-7-14(9-15,8-6-10)11(16)12(17)18-4/h10-11,16H,5-9,15H2,1-4H3. The smallest absolute Gasteiger partial charge is 0.335 e. The number of aliphatic hydroxyl groups excluding tert-OH is 1. The quantitative estimate of drug-likeness (QED) is 0.755. The number of nitrogens with two attached hydrogens (primary N) is 1. The minimum absolute atomic E-state index is 0.275. The van der Waals surface area contributed by atoms with Gasteiger partial charge in [-0.25, -0.2) is 4.79 Å². The number of methoxy groups -OCH3 is 1. The summed E-state index contributed by atoms with van der Waals surface area (Å²) in [4.78, 5) is 11.5. The van der Waals surface area contributed by atoms with Crippen molar-refractivity contribution in [2.75, 3.05) is 13.7 Å². The minimum atomic E-state index is -1.09. The largest absolute Gasteiger partial charge is 0.467 e. The van der Waals surface area contributed by atoms with Gasteiger partial charge in [-0.2, -0.15) is 0 Å². The number of rotatable bonds is 3. The molecule has 1 aliphatic rings. The van der Waals surface area contributed by atoms with Gasteiger partial charge in [0.05, 0.1) is 7.11 Å². The maximum Gasteiger partial charge on any atom is 0.335 e. The van der Waals surface area contributed by atoms with Crippen LogP contribution in [0.3, 0.4) is 0 Å². The maximum absolute atomic E-state index is 11.5. The lowest BCUT2D eigenvalue weighted by molar-refractivity contribution is -0.160. The Balaban J connectivity index is 2.74. The molecule has 1 aliphatic carbocycles. The van der Waals surface area contributed by atoms with E-state index in [2.05, 4.69) is 25.5 Å². The molecule has 4 nitrogen and oxygen atoms in total. The fourth-order valence-electron chi connectivity index (χ4n) is 3.01. The number of hydrogen-bond donors (Lipinski definition) is 2. The van der Waals surface area contributed by atoms with Crippen LogP contribution in [0, 0.1) is 16.7 Å². The molecule has 0 heterocycles. The second kappa shape index (κ2) is 5.57. The molecular formula is C14H27NO3. The molecule has 0 radical (unpaired) electrons. The van der Waals surface area contributed by atoms with Crippen LogP contribution in [0.1, 0.15) is 46.5 Å². The highest BCUT2D eigenvalue weighted by molar-refractivity contribution is 5.75. The highest BCUT2D eigenvalue weighted by Gasteiger charge is 2.45. The fourth-order valence-corrected chi connectivity index (χ4v) is 3.01. The van der Waals surface area contributed by atoms with Crippen LogP contribution in [0.15, 0.2) is 0 Å². The van der Waals surface area contributed by atoms with E-state index in [0.717, 1.165) is 25.7 Å². The van der Waals surface area contributed by atoms with Crippen molar-refractivity contribution in [3.05, 3.63) is 0 Å². The van der Waals surface area contributed by atoms with Crippen molar-refractivity contribution in [1.82, 2.24) is 0 Å². The van der Waals surface area contributed by atoms with Crippen molar-refractivity contribution in [1.29, 1.82) is 0 Å². The van der Waals surface area contributed by atoms with E-state index in [-0.39, 0.29) is 5.41 Å². The van der Waals surface area contributed by atoms with E-state index in [1.165, 1.54) is 7.11 Å². The minimum Gasteiger partial charge on any atom is -0.467 e. The average Bonchev–Trinajstić information content (AvgIpc) is 2.35. The van der Waals surface area contributed by atoms with Crippen molar-refractivity contribution in [2.24, 2.45) is 22.5 Å². The monoisotopic (exact) mass is 257 g/mol. The summed E-state index contributed by atoms with van der Waals surface area (Å²) in [5, 5.41) is 10.1. The summed E-state index contributed by atoms with van der Waals surface area (Å²) >= 11 is 0. The van der Waals surface area contributed by atoms with Crippen molar-refractivity contribution < 1.29 is 14.6 Å². The van der Waals surface area contributed by atoms with Gasteiger partial charge in [-0.15, -0.1) is 0 Å². The predicted octanol–water partition coefficient (Wildman–Crippen LogP) is 1.70. The number of hydrogen-bond acceptors (Lipinski definition) is 4. The van der Waals surface area contributed by atoms with Gasteiger partial charge in [-0.3, -0.25) is 0 Å². The Kier molecular flexibility index (Phi) is 4.78. The van der Waals surface area contributed by atoms with Gasteiger partial charge in [0, 0.05) is 12.0 Å². The van der Waals surface area contributed by atoms with Gasteiger partial charge in [0.15, 0.2) is 6.10 Å². The lowest BCUT2D eigenvalue weighted by Gasteiger charge is -2.45. The first-order valence-corrected chi connectivity index (χ1v) is 6.73. The molecule has 0 aromatic carbocycles. The average molecular weight is 257 g/mol. The van der Waals surface area contributed by atoms with Gasteiger partial charge in [0.25, 0.3) is 0 Å².